The van der Waals surface area contributed by atoms with Gasteiger partial charge in [-0.1, -0.05) is 6.07 Å². The quantitative estimate of drug-likeness (QED) is 0.718. The maximum absolute atomic E-state index is 12.3. The highest BCUT2D eigenvalue weighted by atomic mass is 16.5. The molecule has 1 saturated heterocycles. The number of carbonyl (C=O) groups is 1. The molecular formula is C16H22O4. The molecule has 0 N–H and O–H groups in total. The van der Waals surface area contributed by atoms with E-state index in [4.69, 9.17) is 14.2 Å². The molecule has 2 rings (SSSR count). The van der Waals surface area contributed by atoms with Gasteiger partial charge in [0.15, 0.2) is 17.3 Å². The minimum Gasteiger partial charge on any atom is -0.493 e. The molecule has 0 aliphatic carbocycles. The minimum atomic E-state index is 0.0961. The van der Waals surface area contributed by atoms with E-state index in [-0.39, 0.29) is 5.78 Å². The van der Waals surface area contributed by atoms with Crippen LogP contribution in [-0.2, 0) is 4.74 Å². The molecule has 1 aromatic rings. The number of methoxy groups -OCH3 is 2. The van der Waals surface area contributed by atoms with Gasteiger partial charge in [0.05, 0.1) is 25.9 Å². The highest BCUT2D eigenvalue weighted by molar-refractivity contribution is 5.99. The van der Waals surface area contributed by atoms with Gasteiger partial charge in [-0.15, -0.1) is 0 Å². The molecule has 1 heterocycles. The maximum atomic E-state index is 12.3. The number of ketones is 1. The summed E-state index contributed by atoms with van der Waals surface area (Å²) < 4.78 is 16.1. The molecule has 4 nitrogen and oxygen atoms in total. The Labute approximate surface area is 120 Å². The summed E-state index contributed by atoms with van der Waals surface area (Å²) in [4.78, 5) is 12.3. The molecule has 0 spiro atoms. The first kappa shape index (κ1) is 14.9. The van der Waals surface area contributed by atoms with Gasteiger partial charge in [-0.25, -0.2) is 0 Å². The van der Waals surface area contributed by atoms with E-state index in [1.807, 2.05) is 6.07 Å². The molecule has 1 fully saturated rings. The van der Waals surface area contributed by atoms with Gasteiger partial charge in [0.25, 0.3) is 0 Å². The zero-order valence-corrected chi connectivity index (χ0v) is 12.2. The summed E-state index contributed by atoms with van der Waals surface area (Å²) in [6, 6.07) is 5.40. The number of benzene rings is 1. The minimum absolute atomic E-state index is 0.0961. The van der Waals surface area contributed by atoms with Crippen molar-refractivity contribution in [2.45, 2.75) is 38.2 Å². The molecule has 0 bridgehead atoms. The summed E-state index contributed by atoms with van der Waals surface area (Å²) in [5.41, 5.74) is 0.596. The van der Waals surface area contributed by atoms with Crippen LogP contribution < -0.4 is 9.47 Å². The van der Waals surface area contributed by atoms with E-state index in [0.717, 1.165) is 32.3 Å². The second-order valence-corrected chi connectivity index (χ2v) is 4.99. The van der Waals surface area contributed by atoms with E-state index in [2.05, 4.69) is 0 Å². The Kier molecular flexibility index (Phi) is 5.41. The van der Waals surface area contributed by atoms with Crippen LogP contribution in [0.15, 0.2) is 18.2 Å². The lowest BCUT2D eigenvalue weighted by Crippen LogP contribution is -2.07. The predicted octanol–water partition coefficient (Wildman–Crippen LogP) is 3.24. The van der Waals surface area contributed by atoms with Crippen molar-refractivity contribution in [3.05, 3.63) is 23.8 Å². The first-order valence-corrected chi connectivity index (χ1v) is 7.12. The molecule has 1 unspecified atom stereocenters. The lowest BCUT2D eigenvalue weighted by Gasteiger charge is -2.12. The lowest BCUT2D eigenvalue weighted by atomic mass is 10.0. The number of ether oxygens (including phenoxy) is 3. The fourth-order valence-electron chi connectivity index (χ4n) is 2.60. The van der Waals surface area contributed by atoms with Crippen molar-refractivity contribution in [1.82, 2.24) is 0 Å². The Morgan fingerprint density at radius 1 is 1.35 bits per heavy atom. The van der Waals surface area contributed by atoms with E-state index in [0.29, 0.717) is 29.6 Å². The predicted molar refractivity (Wildman–Crippen MR) is 76.7 cm³/mol. The Bertz CT molecular complexity index is 450. The Hall–Kier alpha value is -1.55. The number of hydrogen-bond acceptors (Lipinski definition) is 4. The van der Waals surface area contributed by atoms with Crippen LogP contribution >= 0.6 is 0 Å². The van der Waals surface area contributed by atoms with E-state index >= 15 is 0 Å². The van der Waals surface area contributed by atoms with E-state index < -0.39 is 0 Å². The van der Waals surface area contributed by atoms with Crippen LogP contribution in [0.1, 0.15) is 42.5 Å². The van der Waals surface area contributed by atoms with Gasteiger partial charge >= 0.3 is 0 Å². The molecule has 4 heteroatoms. The monoisotopic (exact) mass is 278 g/mol. The van der Waals surface area contributed by atoms with Crippen LogP contribution in [0.5, 0.6) is 11.5 Å². The summed E-state index contributed by atoms with van der Waals surface area (Å²) >= 11 is 0. The molecule has 110 valence electrons. The fourth-order valence-corrected chi connectivity index (χ4v) is 2.60. The van der Waals surface area contributed by atoms with Gasteiger partial charge in [-0.2, -0.15) is 0 Å². The molecule has 0 saturated carbocycles. The van der Waals surface area contributed by atoms with Gasteiger partial charge in [0.1, 0.15) is 0 Å². The molecule has 0 aromatic heterocycles. The van der Waals surface area contributed by atoms with Crippen molar-refractivity contribution < 1.29 is 19.0 Å². The fraction of sp³-hybridized carbons (Fsp3) is 0.562. The molecule has 1 aliphatic rings. The first-order chi connectivity index (χ1) is 9.76. The van der Waals surface area contributed by atoms with Crippen molar-refractivity contribution in [3.8, 4) is 11.5 Å². The standard InChI is InChI=1S/C16H22O4/c1-18-15-10-4-8-13(16(15)19-2)14(17)9-3-6-12-7-5-11-20-12/h4,8,10,12H,3,5-7,9,11H2,1-2H3. The van der Waals surface area contributed by atoms with Crippen LogP contribution in [-0.4, -0.2) is 32.7 Å². The highest BCUT2D eigenvalue weighted by Gasteiger charge is 2.18. The largest absolute Gasteiger partial charge is 0.493 e. The molecule has 0 amide bonds. The van der Waals surface area contributed by atoms with Crippen molar-refractivity contribution >= 4 is 5.78 Å². The van der Waals surface area contributed by atoms with Gasteiger partial charge in [-0.05, 0) is 37.8 Å². The van der Waals surface area contributed by atoms with Crippen LogP contribution in [0.25, 0.3) is 0 Å². The summed E-state index contributed by atoms with van der Waals surface area (Å²) in [6.45, 7) is 0.863. The van der Waals surface area contributed by atoms with Gasteiger partial charge < -0.3 is 14.2 Å². The maximum Gasteiger partial charge on any atom is 0.171 e. The third kappa shape index (κ3) is 3.51. The van der Waals surface area contributed by atoms with Crippen molar-refractivity contribution in [2.24, 2.45) is 0 Å². The first-order valence-electron chi connectivity index (χ1n) is 7.12. The molecule has 20 heavy (non-hydrogen) atoms. The van der Waals surface area contributed by atoms with Gasteiger partial charge in [-0.3, -0.25) is 4.79 Å². The summed E-state index contributed by atoms with van der Waals surface area (Å²) in [5.74, 6) is 1.22. The number of carbonyl (C=O) groups excluding carboxylic acids is 1. The highest BCUT2D eigenvalue weighted by Crippen LogP contribution is 2.31. The van der Waals surface area contributed by atoms with Crippen molar-refractivity contribution in [3.63, 3.8) is 0 Å². The number of Topliss-reactive ketones (excluding diaryl/α,β-unsaturated/α-hetero) is 1. The van der Waals surface area contributed by atoms with Crippen LogP contribution in [0, 0.1) is 0 Å². The number of para-hydroxylation sites is 1. The summed E-state index contributed by atoms with van der Waals surface area (Å²) in [5, 5.41) is 0. The van der Waals surface area contributed by atoms with E-state index in [1.54, 1.807) is 26.4 Å². The zero-order valence-electron chi connectivity index (χ0n) is 12.2. The average Bonchev–Trinajstić information content (AvgIpc) is 2.99. The number of rotatable bonds is 7. The SMILES string of the molecule is COc1cccc(C(=O)CCCC2CCCO2)c1OC. The molecule has 1 aromatic carbocycles. The molecular weight excluding hydrogens is 256 g/mol. The normalized spacial score (nSPS) is 18.0. The van der Waals surface area contributed by atoms with E-state index in [1.165, 1.54) is 0 Å². The molecule has 1 aliphatic heterocycles. The van der Waals surface area contributed by atoms with Crippen molar-refractivity contribution in [2.75, 3.05) is 20.8 Å². The van der Waals surface area contributed by atoms with Crippen LogP contribution in [0.3, 0.4) is 0 Å². The Balaban J connectivity index is 1.94. The summed E-state index contributed by atoms with van der Waals surface area (Å²) in [7, 11) is 3.13. The average molecular weight is 278 g/mol. The second-order valence-electron chi connectivity index (χ2n) is 4.99. The Morgan fingerprint density at radius 3 is 2.85 bits per heavy atom. The van der Waals surface area contributed by atoms with Crippen LogP contribution in [0.4, 0.5) is 0 Å². The van der Waals surface area contributed by atoms with Gasteiger partial charge in [0.2, 0.25) is 0 Å². The Morgan fingerprint density at radius 2 is 2.20 bits per heavy atom. The van der Waals surface area contributed by atoms with E-state index in [9.17, 15) is 4.79 Å². The molecule has 0 radical (unpaired) electrons. The smallest absolute Gasteiger partial charge is 0.171 e. The zero-order chi connectivity index (χ0) is 14.4. The van der Waals surface area contributed by atoms with Crippen LogP contribution in [0.2, 0.25) is 0 Å². The third-order valence-electron chi connectivity index (χ3n) is 3.66. The molecule has 1 atom stereocenters. The summed E-state index contributed by atoms with van der Waals surface area (Å²) in [6.07, 6.45) is 4.93. The topological polar surface area (TPSA) is 44.8 Å². The van der Waals surface area contributed by atoms with Crippen molar-refractivity contribution in [1.29, 1.82) is 0 Å². The third-order valence-corrected chi connectivity index (χ3v) is 3.66. The lowest BCUT2D eigenvalue weighted by molar-refractivity contribution is 0.0920. The number of hydrogen-bond donors (Lipinski definition) is 0. The second kappa shape index (κ2) is 7.29. The van der Waals surface area contributed by atoms with Gasteiger partial charge in [0, 0.05) is 13.0 Å².